The molecule has 0 atom stereocenters. The van der Waals surface area contributed by atoms with Gasteiger partial charge in [-0.2, -0.15) is 9.61 Å². The Morgan fingerprint density at radius 3 is 2.17 bits per heavy atom. The van der Waals surface area contributed by atoms with Crippen molar-refractivity contribution in [2.45, 2.75) is 47.5 Å². The van der Waals surface area contributed by atoms with E-state index in [0.717, 1.165) is 22.5 Å². The van der Waals surface area contributed by atoms with Gasteiger partial charge in [0.15, 0.2) is 5.65 Å². The first kappa shape index (κ1) is 12.7. The second-order valence-corrected chi connectivity index (χ2v) is 5.15. The van der Waals surface area contributed by atoms with Gasteiger partial charge in [-0.1, -0.05) is 13.8 Å². The predicted octanol–water partition coefficient (Wildman–Crippen LogP) is 2.45. The smallest absolute Gasteiger partial charge is 0.267 e. The Morgan fingerprint density at radius 1 is 1.00 bits per heavy atom. The molecule has 0 spiro atoms. The number of fused-ring (bicyclic) bond motifs is 1. The molecule has 0 aliphatic carbocycles. The average molecular weight is 245 g/mol. The Balaban J connectivity index is 3.01. The van der Waals surface area contributed by atoms with Crippen LogP contribution in [0.2, 0.25) is 0 Å². The molecule has 0 aliphatic heterocycles. The highest BCUT2D eigenvalue weighted by molar-refractivity contribution is 5.52. The molecule has 4 heteroatoms. The van der Waals surface area contributed by atoms with Crippen LogP contribution in [0.15, 0.2) is 4.79 Å². The van der Waals surface area contributed by atoms with Crippen LogP contribution in [0.1, 0.15) is 47.8 Å². The lowest BCUT2D eigenvalue weighted by Crippen LogP contribution is -2.24. The SMILES string of the molecule is Cc1nc2c(C)c(C)c(C(C)C)nn2c(=O)c1C. The summed E-state index contributed by atoms with van der Waals surface area (Å²) in [6.07, 6.45) is 0. The molecule has 18 heavy (non-hydrogen) atoms. The summed E-state index contributed by atoms with van der Waals surface area (Å²) in [4.78, 5) is 16.7. The Hall–Kier alpha value is -1.71. The highest BCUT2D eigenvalue weighted by Gasteiger charge is 2.15. The maximum atomic E-state index is 12.2. The first-order valence-corrected chi connectivity index (χ1v) is 6.22. The molecule has 4 nitrogen and oxygen atoms in total. The highest BCUT2D eigenvalue weighted by atomic mass is 16.1. The number of aromatic nitrogens is 3. The molecule has 0 saturated carbocycles. The van der Waals surface area contributed by atoms with Crippen LogP contribution in [0.25, 0.3) is 5.65 Å². The van der Waals surface area contributed by atoms with Crippen molar-refractivity contribution in [2.75, 3.05) is 0 Å². The third kappa shape index (κ3) is 1.72. The van der Waals surface area contributed by atoms with E-state index >= 15 is 0 Å². The molecule has 0 amide bonds. The highest BCUT2D eigenvalue weighted by Crippen LogP contribution is 2.21. The van der Waals surface area contributed by atoms with Gasteiger partial charge in [-0.3, -0.25) is 4.79 Å². The van der Waals surface area contributed by atoms with E-state index in [-0.39, 0.29) is 5.56 Å². The normalized spacial score (nSPS) is 11.5. The van der Waals surface area contributed by atoms with Crippen LogP contribution in [0.3, 0.4) is 0 Å². The van der Waals surface area contributed by atoms with Crippen LogP contribution in [0.4, 0.5) is 0 Å². The van der Waals surface area contributed by atoms with E-state index < -0.39 is 0 Å². The van der Waals surface area contributed by atoms with E-state index in [1.54, 1.807) is 6.92 Å². The largest absolute Gasteiger partial charge is 0.277 e. The van der Waals surface area contributed by atoms with Crippen molar-refractivity contribution in [2.24, 2.45) is 0 Å². The third-order valence-electron chi connectivity index (χ3n) is 3.57. The summed E-state index contributed by atoms with van der Waals surface area (Å²) in [5.74, 6) is 0.293. The minimum absolute atomic E-state index is 0.0671. The molecule has 2 aromatic heterocycles. The lowest BCUT2D eigenvalue weighted by atomic mass is 10.0. The Labute approximate surface area is 107 Å². The van der Waals surface area contributed by atoms with E-state index in [0.29, 0.717) is 17.1 Å². The summed E-state index contributed by atoms with van der Waals surface area (Å²) in [5, 5.41) is 4.48. The maximum Gasteiger partial charge on any atom is 0.277 e. The minimum Gasteiger partial charge on any atom is -0.267 e. The van der Waals surface area contributed by atoms with Crippen molar-refractivity contribution in [3.05, 3.63) is 38.4 Å². The average Bonchev–Trinajstić information content (AvgIpc) is 2.31. The fraction of sp³-hybridized carbons (Fsp3) is 0.500. The maximum absolute atomic E-state index is 12.2. The van der Waals surface area contributed by atoms with Gasteiger partial charge in [-0.05, 0) is 44.7 Å². The van der Waals surface area contributed by atoms with Crippen molar-refractivity contribution in [1.82, 2.24) is 14.6 Å². The Kier molecular flexibility index (Phi) is 2.97. The van der Waals surface area contributed by atoms with Gasteiger partial charge >= 0.3 is 0 Å². The number of nitrogens with zero attached hydrogens (tertiary/aromatic N) is 3. The summed E-state index contributed by atoms with van der Waals surface area (Å²) in [6.45, 7) is 11.9. The summed E-state index contributed by atoms with van der Waals surface area (Å²) >= 11 is 0. The van der Waals surface area contributed by atoms with E-state index in [4.69, 9.17) is 0 Å². The van der Waals surface area contributed by atoms with Gasteiger partial charge in [-0.15, -0.1) is 0 Å². The quantitative estimate of drug-likeness (QED) is 0.775. The molecule has 2 aromatic rings. The standard InChI is InChI=1S/C14H19N3O/c1-7(2)12-8(3)9(4)13-15-11(6)10(5)14(18)17(13)16-12/h7H,1-6H3. The number of aryl methyl sites for hydroxylation is 2. The molecule has 96 valence electrons. The van der Waals surface area contributed by atoms with Gasteiger partial charge in [0.25, 0.3) is 5.56 Å². The van der Waals surface area contributed by atoms with Gasteiger partial charge in [0.05, 0.1) is 5.69 Å². The fourth-order valence-electron chi connectivity index (χ4n) is 2.13. The van der Waals surface area contributed by atoms with Gasteiger partial charge in [0, 0.05) is 11.3 Å². The zero-order valence-corrected chi connectivity index (χ0v) is 11.8. The summed E-state index contributed by atoms with van der Waals surface area (Å²) < 4.78 is 1.44. The molecule has 0 bridgehead atoms. The number of hydrogen-bond donors (Lipinski definition) is 0. The molecular weight excluding hydrogens is 226 g/mol. The van der Waals surface area contributed by atoms with Crippen LogP contribution in [0.5, 0.6) is 0 Å². The second-order valence-electron chi connectivity index (χ2n) is 5.15. The van der Waals surface area contributed by atoms with Crippen molar-refractivity contribution < 1.29 is 0 Å². The van der Waals surface area contributed by atoms with Crippen molar-refractivity contribution >= 4 is 5.65 Å². The molecule has 0 saturated heterocycles. The van der Waals surface area contributed by atoms with Crippen LogP contribution < -0.4 is 5.56 Å². The van der Waals surface area contributed by atoms with Crippen molar-refractivity contribution in [3.63, 3.8) is 0 Å². The second kappa shape index (κ2) is 4.19. The monoisotopic (exact) mass is 245 g/mol. The first-order chi connectivity index (χ1) is 8.34. The third-order valence-corrected chi connectivity index (χ3v) is 3.57. The van der Waals surface area contributed by atoms with Gasteiger partial charge in [0.2, 0.25) is 0 Å². The molecular formula is C14H19N3O. The number of rotatable bonds is 1. The van der Waals surface area contributed by atoms with Crippen LogP contribution >= 0.6 is 0 Å². The zero-order valence-electron chi connectivity index (χ0n) is 11.8. The summed E-state index contributed by atoms with van der Waals surface area (Å²) in [5.41, 5.74) is 5.17. The van der Waals surface area contributed by atoms with Crippen LogP contribution in [0, 0.1) is 27.7 Å². The minimum atomic E-state index is -0.0671. The molecule has 2 rings (SSSR count). The Morgan fingerprint density at radius 2 is 1.61 bits per heavy atom. The van der Waals surface area contributed by atoms with Gasteiger partial charge in [-0.25, -0.2) is 4.98 Å². The topological polar surface area (TPSA) is 47.3 Å². The van der Waals surface area contributed by atoms with E-state index in [9.17, 15) is 4.79 Å². The zero-order chi connectivity index (χ0) is 13.6. The van der Waals surface area contributed by atoms with Crippen molar-refractivity contribution in [3.8, 4) is 0 Å². The predicted molar refractivity (Wildman–Crippen MR) is 72.3 cm³/mol. The van der Waals surface area contributed by atoms with Gasteiger partial charge in [0.1, 0.15) is 0 Å². The van der Waals surface area contributed by atoms with Crippen molar-refractivity contribution in [1.29, 1.82) is 0 Å². The molecule has 0 aliphatic rings. The lowest BCUT2D eigenvalue weighted by Gasteiger charge is -2.14. The molecule has 0 fully saturated rings. The molecule has 0 aromatic carbocycles. The first-order valence-electron chi connectivity index (χ1n) is 6.22. The summed E-state index contributed by atoms with van der Waals surface area (Å²) in [6, 6.07) is 0. The Bertz CT molecular complexity index is 684. The van der Waals surface area contributed by atoms with E-state index in [1.165, 1.54) is 4.52 Å². The van der Waals surface area contributed by atoms with Gasteiger partial charge < -0.3 is 0 Å². The van der Waals surface area contributed by atoms with E-state index in [2.05, 4.69) is 23.9 Å². The lowest BCUT2D eigenvalue weighted by molar-refractivity contribution is 0.724. The molecule has 0 unspecified atom stereocenters. The number of hydrogen-bond acceptors (Lipinski definition) is 3. The van der Waals surface area contributed by atoms with Crippen LogP contribution in [-0.2, 0) is 0 Å². The van der Waals surface area contributed by atoms with Crippen LogP contribution in [-0.4, -0.2) is 14.6 Å². The van der Waals surface area contributed by atoms with E-state index in [1.807, 2.05) is 20.8 Å². The summed E-state index contributed by atoms with van der Waals surface area (Å²) in [7, 11) is 0. The fourth-order valence-corrected chi connectivity index (χ4v) is 2.13. The molecule has 2 heterocycles. The molecule has 0 N–H and O–H groups in total. The molecule has 0 radical (unpaired) electrons.